The maximum Gasteiger partial charge on any atom is -0.0263 e. The summed E-state index contributed by atoms with van der Waals surface area (Å²) in [6, 6.07) is 30.3. The van der Waals surface area contributed by atoms with Gasteiger partial charge in [-0.05, 0) is 18.1 Å². The second kappa shape index (κ2) is 11.8. The zero-order valence-corrected chi connectivity index (χ0v) is 13.7. The van der Waals surface area contributed by atoms with Crippen molar-refractivity contribution in [3.63, 3.8) is 0 Å². The summed E-state index contributed by atoms with van der Waals surface area (Å²) < 4.78 is 0. The molecule has 0 saturated carbocycles. The first-order chi connectivity index (χ1) is 11.3. The van der Waals surface area contributed by atoms with E-state index in [0.717, 1.165) is 0 Å². The van der Waals surface area contributed by atoms with Gasteiger partial charge < -0.3 is 0 Å². The number of aryl methyl sites for hydroxylation is 1. The summed E-state index contributed by atoms with van der Waals surface area (Å²) in [4.78, 5) is 0. The summed E-state index contributed by atoms with van der Waals surface area (Å²) in [5.41, 5.74) is 3.67. The summed E-state index contributed by atoms with van der Waals surface area (Å²) >= 11 is 0. The van der Waals surface area contributed by atoms with Crippen molar-refractivity contribution in [1.82, 2.24) is 0 Å². The minimum Gasteiger partial charge on any atom is -0.0985 e. The van der Waals surface area contributed by atoms with Gasteiger partial charge in [-0.3, -0.25) is 0 Å². The normalized spacial score (nSPS) is 8.57. The quantitative estimate of drug-likeness (QED) is 0.496. The topological polar surface area (TPSA) is 0 Å². The van der Waals surface area contributed by atoms with E-state index in [1.54, 1.807) is 0 Å². The van der Waals surface area contributed by atoms with Crippen LogP contribution in [0.1, 0.15) is 16.7 Å². The lowest BCUT2D eigenvalue weighted by Crippen LogP contribution is -1.63. The molecule has 3 aromatic rings. The molecule has 0 unspecified atom stereocenters. The van der Waals surface area contributed by atoms with Gasteiger partial charge in [-0.1, -0.05) is 122 Å². The first-order valence-electron chi connectivity index (χ1n) is 7.63. The van der Waals surface area contributed by atoms with Gasteiger partial charge in [-0.25, -0.2) is 0 Å². The van der Waals surface area contributed by atoms with E-state index < -0.39 is 0 Å². The number of rotatable bonds is 2. The summed E-state index contributed by atoms with van der Waals surface area (Å²) in [5.74, 6) is 0. The Labute approximate surface area is 140 Å². The fraction of sp³-hybridized carbons (Fsp3) is 0.0435. The van der Waals surface area contributed by atoms with Crippen LogP contribution in [0.25, 0.3) is 12.2 Å². The molecule has 116 valence electrons. The van der Waals surface area contributed by atoms with E-state index in [4.69, 9.17) is 0 Å². The van der Waals surface area contributed by atoms with Gasteiger partial charge in [0.1, 0.15) is 0 Å². The maximum atomic E-state index is 3.63. The van der Waals surface area contributed by atoms with Gasteiger partial charge in [-0.2, -0.15) is 0 Å². The first kappa shape index (κ1) is 18.2. The third-order valence-electron chi connectivity index (χ3n) is 3.01. The molecule has 0 aliphatic heterocycles. The van der Waals surface area contributed by atoms with Crippen molar-refractivity contribution >= 4 is 12.2 Å². The van der Waals surface area contributed by atoms with Gasteiger partial charge in [0.05, 0.1) is 0 Å². The largest absolute Gasteiger partial charge is 0.0985 e. The third kappa shape index (κ3) is 8.90. The molecular formula is C23H24. The standard InChI is InChI=1S/2C8H8.C7H8/c2*1-2-8-6-4-3-5-7-8;1-7-5-3-2-4-6-7/h2*2-7H,1H2;2-6H,1H3. The van der Waals surface area contributed by atoms with Crippen LogP contribution in [0.4, 0.5) is 0 Å². The van der Waals surface area contributed by atoms with E-state index in [1.807, 2.05) is 91.0 Å². The summed E-state index contributed by atoms with van der Waals surface area (Å²) in [6.07, 6.45) is 3.67. The monoisotopic (exact) mass is 300 g/mol. The van der Waals surface area contributed by atoms with Crippen LogP contribution in [-0.2, 0) is 0 Å². The first-order valence-corrected chi connectivity index (χ1v) is 7.63. The molecule has 0 nitrogen and oxygen atoms in total. The molecule has 0 amide bonds. The highest BCUT2D eigenvalue weighted by atomic mass is 13.8. The van der Waals surface area contributed by atoms with Crippen molar-refractivity contribution < 1.29 is 0 Å². The molecule has 0 aliphatic rings. The second-order valence-corrected chi connectivity index (χ2v) is 4.88. The molecule has 0 aliphatic carbocycles. The van der Waals surface area contributed by atoms with Crippen molar-refractivity contribution in [3.8, 4) is 0 Å². The lowest BCUT2D eigenvalue weighted by molar-refractivity contribution is 1.48. The Morgan fingerprint density at radius 3 is 1.00 bits per heavy atom. The molecule has 0 fully saturated rings. The van der Waals surface area contributed by atoms with Crippen LogP contribution in [0, 0.1) is 6.92 Å². The van der Waals surface area contributed by atoms with E-state index in [2.05, 4.69) is 32.2 Å². The van der Waals surface area contributed by atoms with Gasteiger partial charge >= 0.3 is 0 Å². The van der Waals surface area contributed by atoms with Crippen LogP contribution >= 0.6 is 0 Å². The molecule has 23 heavy (non-hydrogen) atoms. The molecule has 0 aromatic heterocycles. The van der Waals surface area contributed by atoms with Crippen LogP contribution in [-0.4, -0.2) is 0 Å². The van der Waals surface area contributed by atoms with Crippen LogP contribution in [0.3, 0.4) is 0 Å². The predicted molar refractivity (Wildman–Crippen MR) is 104 cm³/mol. The minimum atomic E-state index is 1.17. The van der Waals surface area contributed by atoms with Crippen molar-refractivity contribution in [2.24, 2.45) is 0 Å². The molecule has 0 saturated heterocycles. The highest BCUT2D eigenvalue weighted by Crippen LogP contribution is 1.98. The summed E-state index contributed by atoms with van der Waals surface area (Å²) in [7, 11) is 0. The lowest BCUT2D eigenvalue weighted by Gasteiger charge is -1.85. The van der Waals surface area contributed by atoms with Crippen LogP contribution in [0.5, 0.6) is 0 Å². The number of benzene rings is 3. The smallest absolute Gasteiger partial charge is 0.0263 e. The molecule has 0 spiro atoms. The summed E-state index contributed by atoms with van der Waals surface area (Å²) in [5, 5.41) is 0. The Balaban J connectivity index is 0.000000173. The van der Waals surface area contributed by atoms with Crippen molar-refractivity contribution in [2.75, 3.05) is 0 Å². The third-order valence-corrected chi connectivity index (χ3v) is 3.01. The number of hydrogen-bond acceptors (Lipinski definition) is 0. The fourth-order valence-electron chi connectivity index (χ4n) is 1.71. The lowest BCUT2D eigenvalue weighted by atomic mass is 10.2. The van der Waals surface area contributed by atoms with Crippen molar-refractivity contribution in [3.05, 3.63) is 121 Å². The molecule has 0 bridgehead atoms. The molecule has 3 rings (SSSR count). The van der Waals surface area contributed by atoms with Crippen molar-refractivity contribution in [1.29, 1.82) is 0 Å². The fourth-order valence-corrected chi connectivity index (χ4v) is 1.71. The van der Waals surface area contributed by atoms with Crippen LogP contribution in [0.2, 0.25) is 0 Å². The Morgan fingerprint density at radius 2 is 0.826 bits per heavy atom. The Hall–Kier alpha value is -2.86. The molecule has 0 N–H and O–H groups in total. The average molecular weight is 300 g/mol. The zero-order chi connectivity index (χ0) is 16.8. The molecule has 0 heteroatoms. The van der Waals surface area contributed by atoms with E-state index >= 15 is 0 Å². The van der Waals surface area contributed by atoms with Gasteiger partial charge in [0, 0.05) is 0 Å². The Bertz CT molecular complexity index is 609. The highest BCUT2D eigenvalue weighted by Gasteiger charge is 1.76. The SMILES string of the molecule is C=Cc1ccccc1.C=Cc1ccccc1.Cc1ccccc1. The molecule has 0 radical (unpaired) electrons. The van der Waals surface area contributed by atoms with Crippen LogP contribution < -0.4 is 0 Å². The van der Waals surface area contributed by atoms with E-state index in [0.29, 0.717) is 0 Å². The number of hydrogen-bond donors (Lipinski definition) is 0. The van der Waals surface area contributed by atoms with Gasteiger partial charge in [0.25, 0.3) is 0 Å². The Morgan fingerprint density at radius 1 is 0.522 bits per heavy atom. The van der Waals surface area contributed by atoms with Gasteiger partial charge in [0.2, 0.25) is 0 Å². The molecule has 0 heterocycles. The van der Waals surface area contributed by atoms with E-state index in [9.17, 15) is 0 Å². The van der Waals surface area contributed by atoms with E-state index in [1.165, 1.54) is 16.7 Å². The average Bonchev–Trinajstić information content (AvgIpc) is 2.65. The molecule has 3 aromatic carbocycles. The second-order valence-electron chi connectivity index (χ2n) is 4.88. The van der Waals surface area contributed by atoms with E-state index in [-0.39, 0.29) is 0 Å². The molecular weight excluding hydrogens is 276 g/mol. The molecule has 0 atom stereocenters. The van der Waals surface area contributed by atoms with Crippen molar-refractivity contribution in [2.45, 2.75) is 6.92 Å². The highest BCUT2D eigenvalue weighted by molar-refractivity contribution is 5.46. The minimum absolute atomic E-state index is 1.17. The zero-order valence-electron chi connectivity index (χ0n) is 13.7. The van der Waals surface area contributed by atoms with Crippen LogP contribution in [0.15, 0.2) is 104 Å². The maximum absolute atomic E-state index is 3.63. The summed E-state index contributed by atoms with van der Waals surface area (Å²) in [6.45, 7) is 9.35. The Kier molecular flexibility index (Phi) is 9.30. The van der Waals surface area contributed by atoms with Gasteiger partial charge in [-0.15, -0.1) is 0 Å². The predicted octanol–water partition coefficient (Wildman–Crippen LogP) is 6.65. The van der Waals surface area contributed by atoms with Gasteiger partial charge in [0.15, 0.2) is 0 Å².